The topological polar surface area (TPSA) is 195 Å². The van der Waals surface area contributed by atoms with E-state index in [2.05, 4.69) is 19.5 Å². The molecule has 0 radical (unpaired) electrons. The molecule has 5 atom stereocenters. The summed E-state index contributed by atoms with van der Waals surface area (Å²) < 4.78 is 29.0. The zero-order chi connectivity index (χ0) is 23.0. The van der Waals surface area contributed by atoms with Crippen molar-refractivity contribution < 1.29 is 38.3 Å². The number of halogens is 1. The number of carbonyl (C=O) groups is 1. The lowest BCUT2D eigenvalue weighted by Gasteiger charge is -2.24. The van der Waals surface area contributed by atoms with Gasteiger partial charge in [-0.05, 0) is 46.9 Å². The molecular formula is C17H16IN5O8P-. The van der Waals surface area contributed by atoms with Gasteiger partial charge in [0.15, 0.2) is 17.7 Å². The van der Waals surface area contributed by atoms with Gasteiger partial charge in [0.2, 0.25) is 0 Å². The van der Waals surface area contributed by atoms with Crippen molar-refractivity contribution in [2.24, 2.45) is 0 Å². The SMILES string of the molecule is Nc1ncnc2c1ncn2[C@@H]1O[C@H](COP(=O)([O-])OC(=O)c2ccc(I)cc2)[C@@H](O)[C@H]1O. The number of nitrogens with two attached hydrogens (primary N) is 1. The normalized spacial score (nSPS) is 25.0. The van der Waals surface area contributed by atoms with Gasteiger partial charge in [-0.3, -0.25) is 9.13 Å². The van der Waals surface area contributed by atoms with E-state index >= 15 is 0 Å². The monoisotopic (exact) mass is 576 g/mol. The number of nitrogens with zero attached hydrogens (tertiary/aromatic N) is 4. The number of benzene rings is 1. The molecular weight excluding hydrogens is 560 g/mol. The first kappa shape index (κ1) is 23.0. The van der Waals surface area contributed by atoms with Crippen LogP contribution in [-0.2, 0) is 18.3 Å². The molecule has 1 saturated heterocycles. The van der Waals surface area contributed by atoms with Crippen molar-refractivity contribution in [2.45, 2.75) is 24.5 Å². The minimum atomic E-state index is -5.08. The van der Waals surface area contributed by atoms with E-state index in [1.54, 1.807) is 12.1 Å². The Morgan fingerprint density at radius 2 is 1.97 bits per heavy atom. The number of hydrogen-bond acceptors (Lipinski definition) is 12. The molecule has 1 fully saturated rings. The number of imidazole rings is 1. The van der Waals surface area contributed by atoms with Gasteiger partial charge in [0.05, 0.1) is 18.5 Å². The highest BCUT2D eigenvalue weighted by atomic mass is 127. The van der Waals surface area contributed by atoms with Crippen LogP contribution in [0, 0.1) is 3.57 Å². The standard InChI is InChI=1S/C17H17IN5O8P/c18-9-3-1-8(2-4-9)17(26)31-32(27,28)29-5-10-12(24)13(25)16(30-10)23-7-22-11-14(19)20-6-21-15(11)23/h1-4,6-7,10,12-13,16,24-25H,5H2,(H,27,28)(H2,19,20,21)/p-1/t10-,12-,13-,16-/m1/s1. The molecule has 4 N–H and O–H groups in total. The summed E-state index contributed by atoms with van der Waals surface area (Å²) in [4.78, 5) is 36.0. The smallest absolute Gasteiger partial charge is 0.343 e. The molecule has 0 amide bonds. The molecule has 4 rings (SSSR count). The third-order valence-electron chi connectivity index (χ3n) is 4.67. The maximum atomic E-state index is 12.1. The molecule has 1 aliphatic rings. The average molecular weight is 576 g/mol. The van der Waals surface area contributed by atoms with E-state index in [0.29, 0.717) is 0 Å². The van der Waals surface area contributed by atoms with Crippen molar-refractivity contribution in [1.29, 1.82) is 0 Å². The zero-order valence-electron chi connectivity index (χ0n) is 16.0. The van der Waals surface area contributed by atoms with Crippen LogP contribution in [0.1, 0.15) is 16.6 Å². The summed E-state index contributed by atoms with van der Waals surface area (Å²) >= 11 is 2.03. The van der Waals surface area contributed by atoms with E-state index in [9.17, 15) is 24.5 Å². The summed E-state index contributed by atoms with van der Waals surface area (Å²) in [5.41, 5.74) is 6.27. The lowest BCUT2D eigenvalue weighted by molar-refractivity contribution is -0.222. The second kappa shape index (κ2) is 8.97. The first-order chi connectivity index (χ1) is 15.2. The van der Waals surface area contributed by atoms with Gasteiger partial charge in [-0.25, -0.2) is 19.7 Å². The lowest BCUT2D eigenvalue weighted by atomic mass is 10.1. The number of aliphatic hydroxyl groups is 2. The van der Waals surface area contributed by atoms with E-state index in [1.807, 2.05) is 22.6 Å². The molecule has 170 valence electrons. The molecule has 2 aromatic heterocycles. The van der Waals surface area contributed by atoms with Crippen LogP contribution in [0.5, 0.6) is 0 Å². The minimum absolute atomic E-state index is 0.0194. The largest absolute Gasteiger partial charge is 0.746 e. The Balaban J connectivity index is 1.42. The molecule has 0 spiro atoms. The van der Waals surface area contributed by atoms with Crippen LogP contribution >= 0.6 is 30.4 Å². The Morgan fingerprint density at radius 1 is 1.25 bits per heavy atom. The molecule has 1 aromatic carbocycles. The first-order valence-electron chi connectivity index (χ1n) is 9.06. The quantitative estimate of drug-likeness (QED) is 0.263. The number of rotatable bonds is 6. The summed E-state index contributed by atoms with van der Waals surface area (Å²) in [6.45, 7) is -0.709. The molecule has 1 aliphatic heterocycles. The second-order valence-corrected chi connectivity index (χ2v) is 9.34. The van der Waals surface area contributed by atoms with Gasteiger partial charge in [-0.15, -0.1) is 0 Å². The van der Waals surface area contributed by atoms with Gasteiger partial charge in [0.25, 0.3) is 0 Å². The van der Waals surface area contributed by atoms with Crippen LogP contribution in [0.2, 0.25) is 0 Å². The highest BCUT2D eigenvalue weighted by Crippen LogP contribution is 2.41. The Labute approximate surface area is 193 Å². The van der Waals surface area contributed by atoms with Crippen LogP contribution in [0.3, 0.4) is 0 Å². The van der Waals surface area contributed by atoms with Crippen molar-refractivity contribution in [2.75, 3.05) is 12.3 Å². The maximum Gasteiger partial charge on any atom is 0.343 e. The fourth-order valence-corrected chi connectivity index (χ4v) is 4.13. The average Bonchev–Trinajstić information content (AvgIpc) is 3.29. The van der Waals surface area contributed by atoms with E-state index in [-0.39, 0.29) is 22.5 Å². The van der Waals surface area contributed by atoms with Crippen molar-refractivity contribution in [3.63, 3.8) is 0 Å². The van der Waals surface area contributed by atoms with Crippen molar-refractivity contribution in [1.82, 2.24) is 19.5 Å². The molecule has 1 unspecified atom stereocenters. The molecule has 0 aliphatic carbocycles. The number of anilines is 1. The number of fused-ring (bicyclic) bond motifs is 1. The van der Waals surface area contributed by atoms with Crippen LogP contribution < -0.4 is 10.6 Å². The molecule has 3 heterocycles. The van der Waals surface area contributed by atoms with Crippen LogP contribution in [0.25, 0.3) is 11.2 Å². The highest BCUT2D eigenvalue weighted by molar-refractivity contribution is 14.1. The number of nitrogen functional groups attached to an aromatic ring is 1. The molecule has 32 heavy (non-hydrogen) atoms. The van der Waals surface area contributed by atoms with E-state index in [1.165, 1.54) is 29.4 Å². The number of hydrogen-bond donors (Lipinski definition) is 3. The number of phosphoric acid groups is 1. The van der Waals surface area contributed by atoms with Crippen molar-refractivity contribution in [3.05, 3.63) is 46.1 Å². The Morgan fingerprint density at radius 3 is 2.69 bits per heavy atom. The summed E-state index contributed by atoms with van der Waals surface area (Å²) in [5.74, 6) is -1.00. The molecule has 0 saturated carbocycles. The minimum Gasteiger partial charge on any atom is -0.746 e. The number of phosphoric ester groups is 1. The van der Waals surface area contributed by atoms with Crippen LogP contribution in [0.4, 0.5) is 5.82 Å². The van der Waals surface area contributed by atoms with Gasteiger partial charge >= 0.3 is 13.8 Å². The predicted molar refractivity (Wildman–Crippen MR) is 114 cm³/mol. The molecule has 3 aromatic rings. The summed E-state index contributed by atoms with van der Waals surface area (Å²) in [7, 11) is -5.08. The number of carbonyl (C=O) groups excluding carboxylic acids is 1. The fraction of sp³-hybridized carbons (Fsp3) is 0.294. The van der Waals surface area contributed by atoms with Gasteiger partial charge in [0.1, 0.15) is 30.2 Å². The van der Waals surface area contributed by atoms with Crippen LogP contribution in [0.15, 0.2) is 36.9 Å². The Hall–Kier alpha value is -2.20. The number of ether oxygens (including phenoxy) is 1. The van der Waals surface area contributed by atoms with Gasteiger partial charge in [-0.2, -0.15) is 0 Å². The Kier molecular flexibility index (Phi) is 6.44. The highest BCUT2D eigenvalue weighted by Gasteiger charge is 2.45. The fourth-order valence-electron chi connectivity index (χ4n) is 3.08. The van der Waals surface area contributed by atoms with Gasteiger partial charge in [0, 0.05) is 3.57 Å². The lowest BCUT2D eigenvalue weighted by Crippen LogP contribution is -2.34. The third kappa shape index (κ3) is 4.61. The predicted octanol–water partition coefficient (Wildman–Crippen LogP) is -0.0257. The maximum absolute atomic E-state index is 12.1. The van der Waals surface area contributed by atoms with E-state index < -0.39 is 44.9 Å². The zero-order valence-corrected chi connectivity index (χ0v) is 19.1. The summed E-state index contributed by atoms with van der Waals surface area (Å²) in [6, 6.07) is 6.02. The Bertz CT molecular complexity index is 1190. The van der Waals surface area contributed by atoms with Crippen LogP contribution in [-0.4, -0.2) is 60.6 Å². The van der Waals surface area contributed by atoms with Gasteiger partial charge in [-0.1, -0.05) is 0 Å². The van der Waals surface area contributed by atoms with Gasteiger partial charge < -0.3 is 34.6 Å². The van der Waals surface area contributed by atoms with E-state index in [4.69, 9.17) is 15.0 Å². The summed E-state index contributed by atoms with van der Waals surface area (Å²) in [5, 5.41) is 20.7. The van der Waals surface area contributed by atoms with Crippen molar-refractivity contribution in [3.8, 4) is 0 Å². The molecule has 15 heteroatoms. The second-order valence-electron chi connectivity index (χ2n) is 6.76. The number of aromatic nitrogens is 4. The van der Waals surface area contributed by atoms with E-state index in [0.717, 1.165) is 3.57 Å². The first-order valence-corrected chi connectivity index (χ1v) is 11.6. The van der Waals surface area contributed by atoms with Crippen molar-refractivity contribution >= 4 is 53.4 Å². The third-order valence-corrected chi connectivity index (χ3v) is 6.24. The summed E-state index contributed by atoms with van der Waals surface area (Å²) in [6.07, 6.45) is -2.89. The molecule has 13 nitrogen and oxygen atoms in total. The molecule has 0 bridgehead atoms. The number of aliphatic hydroxyl groups excluding tert-OH is 2.